The molecule has 0 saturated heterocycles. The third kappa shape index (κ3) is 4.76. The van der Waals surface area contributed by atoms with Gasteiger partial charge in [0.25, 0.3) is 0 Å². The molecule has 2 aromatic rings. The Kier molecular flexibility index (Phi) is 5.79. The van der Waals surface area contributed by atoms with E-state index in [4.69, 9.17) is 0 Å². The fourth-order valence-electron chi connectivity index (χ4n) is 2.25. The number of amides is 1. The van der Waals surface area contributed by atoms with Crippen LogP contribution in [0.15, 0.2) is 46.9 Å². The van der Waals surface area contributed by atoms with Gasteiger partial charge < -0.3 is 5.32 Å². The van der Waals surface area contributed by atoms with Crippen LogP contribution in [-0.4, -0.2) is 26.6 Å². The van der Waals surface area contributed by atoms with Gasteiger partial charge in [0.2, 0.25) is 15.9 Å². The van der Waals surface area contributed by atoms with Crippen molar-refractivity contribution >= 4 is 43.2 Å². The Morgan fingerprint density at radius 2 is 1.88 bits per heavy atom. The molecule has 5 nitrogen and oxygen atoms in total. The summed E-state index contributed by atoms with van der Waals surface area (Å²) in [4.78, 5) is 12.4. The Labute approximate surface area is 152 Å². The third-order valence-electron chi connectivity index (χ3n) is 3.34. The van der Waals surface area contributed by atoms with Gasteiger partial charge in [0, 0.05) is 4.47 Å². The largest absolute Gasteiger partial charge is 0.322 e. The first kappa shape index (κ1) is 19.3. The smallest absolute Gasteiger partial charge is 0.248 e. The first-order valence-corrected chi connectivity index (χ1v) is 9.74. The maximum absolute atomic E-state index is 13.9. The lowest BCUT2D eigenvalue weighted by Gasteiger charge is -2.28. The number of rotatable bonds is 5. The molecule has 0 bridgehead atoms. The lowest BCUT2D eigenvalue weighted by molar-refractivity contribution is -0.116. The average Bonchev–Trinajstić information content (AvgIpc) is 2.48. The Morgan fingerprint density at radius 3 is 2.44 bits per heavy atom. The van der Waals surface area contributed by atoms with Crippen molar-refractivity contribution in [3.8, 4) is 0 Å². The number of nitrogens with one attached hydrogen (secondary N) is 1. The number of hydrogen-bond acceptors (Lipinski definition) is 3. The minimum atomic E-state index is -3.88. The zero-order chi connectivity index (χ0) is 18.8. The quantitative estimate of drug-likeness (QED) is 0.785. The summed E-state index contributed by atoms with van der Waals surface area (Å²) in [6, 6.07) is 7.69. The van der Waals surface area contributed by atoms with Gasteiger partial charge >= 0.3 is 0 Å². The predicted molar refractivity (Wildman–Crippen MR) is 95.9 cm³/mol. The summed E-state index contributed by atoms with van der Waals surface area (Å²) < 4.78 is 52.8. The number of halogens is 3. The molecular weight excluding hydrogens is 418 g/mol. The van der Waals surface area contributed by atoms with Crippen molar-refractivity contribution in [2.24, 2.45) is 0 Å². The number of hydrogen-bond donors (Lipinski definition) is 1. The Morgan fingerprint density at radius 1 is 1.20 bits per heavy atom. The summed E-state index contributed by atoms with van der Waals surface area (Å²) in [5.74, 6) is -2.07. The van der Waals surface area contributed by atoms with Gasteiger partial charge in [-0.1, -0.05) is 22.0 Å². The first-order chi connectivity index (χ1) is 11.6. The maximum Gasteiger partial charge on any atom is 0.248 e. The molecule has 0 aromatic heterocycles. The molecule has 0 aliphatic heterocycles. The standard InChI is InChI=1S/C16H15BrF2N2O3S/c1-10(16(22)20-15-7-6-11(17)8-14(15)19)21(25(2,23)24)13-5-3-4-12(18)9-13/h3-10H,1-2H3,(H,20,22). The Bertz CT molecular complexity index is 906. The molecule has 9 heteroatoms. The molecule has 1 unspecified atom stereocenters. The second-order valence-electron chi connectivity index (χ2n) is 5.33. The van der Waals surface area contributed by atoms with Crippen molar-refractivity contribution in [2.45, 2.75) is 13.0 Å². The van der Waals surface area contributed by atoms with Crippen molar-refractivity contribution < 1.29 is 22.0 Å². The zero-order valence-corrected chi connectivity index (χ0v) is 15.7. The molecule has 2 rings (SSSR count). The summed E-state index contributed by atoms with van der Waals surface area (Å²) in [5.41, 5.74) is -0.0887. The molecule has 134 valence electrons. The van der Waals surface area contributed by atoms with Crippen LogP contribution in [0.4, 0.5) is 20.2 Å². The lowest BCUT2D eigenvalue weighted by Crippen LogP contribution is -2.45. The van der Waals surface area contributed by atoms with Crippen molar-refractivity contribution in [1.82, 2.24) is 0 Å². The minimum absolute atomic E-state index is 0.00132. The molecular formula is C16H15BrF2N2O3S. The SMILES string of the molecule is CC(C(=O)Nc1ccc(Br)cc1F)N(c1cccc(F)c1)S(C)(=O)=O. The zero-order valence-electron chi connectivity index (χ0n) is 13.3. The maximum atomic E-state index is 13.9. The van der Waals surface area contributed by atoms with Crippen molar-refractivity contribution in [3.05, 3.63) is 58.6 Å². The highest BCUT2D eigenvalue weighted by Crippen LogP contribution is 2.24. The molecule has 0 radical (unpaired) electrons. The van der Waals surface area contributed by atoms with E-state index in [0.29, 0.717) is 4.47 Å². The third-order valence-corrected chi connectivity index (χ3v) is 5.08. The van der Waals surface area contributed by atoms with Gasteiger partial charge in [-0.3, -0.25) is 9.10 Å². The molecule has 2 aromatic carbocycles. The molecule has 1 amide bonds. The van der Waals surface area contributed by atoms with E-state index in [1.807, 2.05) is 0 Å². The highest BCUT2D eigenvalue weighted by molar-refractivity contribution is 9.10. The van der Waals surface area contributed by atoms with Gasteiger partial charge in [-0.2, -0.15) is 0 Å². The van der Waals surface area contributed by atoms with Gasteiger partial charge in [-0.25, -0.2) is 17.2 Å². The van der Waals surface area contributed by atoms with Crippen LogP contribution in [0.2, 0.25) is 0 Å². The van der Waals surface area contributed by atoms with Crippen molar-refractivity contribution in [3.63, 3.8) is 0 Å². The Balaban J connectivity index is 2.33. The summed E-state index contributed by atoms with van der Waals surface area (Å²) in [5, 5.41) is 2.34. The van der Waals surface area contributed by atoms with Gasteiger partial charge in [0.15, 0.2) is 0 Å². The summed E-state index contributed by atoms with van der Waals surface area (Å²) in [6.07, 6.45) is 0.905. The summed E-state index contributed by atoms with van der Waals surface area (Å²) in [7, 11) is -3.88. The van der Waals surface area contributed by atoms with E-state index in [1.54, 1.807) is 0 Å². The van der Waals surface area contributed by atoms with Gasteiger partial charge in [-0.05, 0) is 43.3 Å². The summed E-state index contributed by atoms with van der Waals surface area (Å²) in [6.45, 7) is 1.33. The van der Waals surface area contributed by atoms with Crippen LogP contribution < -0.4 is 9.62 Å². The Hall–Kier alpha value is -2.00. The second-order valence-corrected chi connectivity index (χ2v) is 8.10. The first-order valence-electron chi connectivity index (χ1n) is 7.10. The van der Waals surface area contributed by atoms with E-state index in [2.05, 4.69) is 21.2 Å². The fourth-order valence-corrected chi connectivity index (χ4v) is 3.75. The van der Waals surface area contributed by atoms with Crippen LogP contribution in [0.25, 0.3) is 0 Å². The molecule has 0 aliphatic rings. The molecule has 1 N–H and O–H groups in total. The van der Waals surface area contributed by atoms with Crippen LogP contribution in [0, 0.1) is 11.6 Å². The highest BCUT2D eigenvalue weighted by Gasteiger charge is 2.29. The number of benzene rings is 2. The van der Waals surface area contributed by atoms with Crippen molar-refractivity contribution in [2.75, 3.05) is 15.9 Å². The molecule has 0 saturated carbocycles. The molecule has 1 atom stereocenters. The monoisotopic (exact) mass is 432 g/mol. The summed E-state index contributed by atoms with van der Waals surface area (Å²) >= 11 is 3.10. The predicted octanol–water partition coefficient (Wildman–Crippen LogP) is 3.52. The minimum Gasteiger partial charge on any atom is -0.322 e. The van der Waals surface area contributed by atoms with E-state index < -0.39 is 33.6 Å². The van der Waals surface area contributed by atoms with E-state index >= 15 is 0 Å². The van der Waals surface area contributed by atoms with Crippen LogP contribution in [0.3, 0.4) is 0 Å². The number of anilines is 2. The molecule has 0 heterocycles. The van der Waals surface area contributed by atoms with E-state index in [9.17, 15) is 22.0 Å². The van der Waals surface area contributed by atoms with E-state index in [1.165, 1.54) is 37.3 Å². The topological polar surface area (TPSA) is 66.5 Å². The lowest BCUT2D eigenvalue weighted by atomic mass is 10.2. The van der Waals surface area contributed by atoms with E-state index in [0.717, 1.165) is 22.7 Å². The fraction of sp³-hybridized carbons (Fsp3) is 0.188. The van der Waals surface area contributed by atoms with Gasteiger partial charge in [0.1, 0.15) is 17.7 Å². The molecule has 0 aliphatic carbocycles. The average molecular weight is 433 g/mol. The van der Waals surface area contributed by atoms with Crippen LogP contribution in [0.5, 0.6) is 0 Å². The second kappa shape index (κ2) is 7.49. The number of sulfonamides is 1. The van der Waals surface area contributed by atoms with Gasteiger partial charge in [-0.15, -0.1) is 0 Å². The van der Waals surface area contributed by atoms with Crippen LogP contribution in [-0.2, 0) is 14.8 Å². The van der Waals surface area contributed by atoms with Gasteiger partial charge in [0.05, 0.1) is 17.6 Å². The van der Waals surface area contributed by atoms with Crippen LogP contribution >= 0.6 is 15.9 Å². The highest BCUT2D eigenvalue weighted by atomic mass is 79.9. The molecule has 0 spiro atoms. The van der Waals surface area contributed by atoms with Crippen LogP contribution in [0.1, 0.15) is 6.92 Å². The number of nitrogens with zero attached hydrogens (tertiary/aromatic N) is 1. The molecule has 25 heavy (non-hydrogen) atoms. The van der Waals surface area contributed by atoms with Crippen molar-refractivity contribution in [1.29, 1.82) is 0 Å². The molecule has 0 fully saturated rings. The number of carbonyl (C=O) groups is 1. The number of carbonyl (C=O) groups excluding carboxylic acids is 1. The van der Waals surface area contributed by atoms with E-state index in [-0.39, 0.29) is 11.4 Å². The normalized spacial score (nSPS) is 12.5.